The van der Waals surface area contributed by atoms with Crippen LogP contribution in [0.1, 0.15) is 65.2 Å². The summed E-state index contributed by atoms with van der Waals surface area (Å²) in [5, 5.41) is 0. The maximum Gasteiger partial charge on any atom is -0.0322 e. The first-order valence-corrected chi connectivity index (χ1v) is 5.84. The lowest BCUT2D eigenvalue weighted by atomic mass is 10.1. The van der Waals surface area contributed by atoms with E-state index in [2.05, 4.69) is 32.4 Å². The molecule has 0 rings (SSSR count). The summed E-state index contributed by atoms with van der Waals surface area (Å²) in [5.41, 5.74) is 0. The fourth-order valence-electron chi connectivity index (χ4n) is 1.39. The monoisotopic (exact) mass is 181 g/mol. The first-order valence-electron chi connectivity index (χ1n) is 5.84. The van der Waals surface area contributed by atoms with Crippen LogP contribution in [0.5, 0.6) is 0 Å². The van der Waals surface area contributed by atoms with Gasteiger partial charge in [0.15, 0.2) is 0 Å². The summed E-state index contributed by atoms with van der Waals surface area (Å²) in [6.45, 7) is 4.37. The van der Waals surface area contributed by atoms with Crippen LogP contribution in [0.15, 0.2) is 12.2 Å². The van der Waals surface area contributed by atoms with Crippen LogP contribution in [0, 0.1) is 6.42 Å². The zero-order valence-corrected chi connectivity index (χ0v) is 9.39. The molecule has 1 radical (unpaired) electrons. The fourth-order valence-corrected chi connectivity index (χ4v) is 1.39. The van der Waals surface area contributed by atoms with Gasteiger partial charge >= 0.3 is 0 Å². The number of unbranched alkanes of at least 4 members (excludes halogenated alkanes) is 7. The Morgan fingerprint density at radius 3 is 2.23 bits per heavy atom. The van der Waals surface area contributed by atoms with Crippen molar-refractivity contribution in [2.75, 3.05) is 0 Å². The maximum atomic E-state index is 2.32. The fraction of sp³-hybridized carbons (Fsp3) is 0.769. The molecule has 0 saturated carbocycles. The Hall–Kier alpha value is -0.260. The molecule has 0 saturated heterocycles. The molecular weight excluding hydrogens is 156 g/mol. The number of rotatable bonds is 9. The Kier molecular flexibility index (Phi) is 11.5. The van der Waals surface area contributed by atoms with Crippen molar-refractivity contribution in [2.24, 2.45) is 0 Å². The molecule has 13 heavy (non-hydrogen) atoms. The van der Waals surface area contributed by atoms with Crippen LogP contribution in [-0.2, 0) is 0 Å². The molecule has 0 aromatic heterocycles. The lowest BCUT2D eigenvalue weighted by molar-refractivity contribution is 0.611. The quantitative estimate of drug-likeness (QED) is 0.350. The minimum Gasteiger partial charge on any atom is -0.0885 e. The average molecular weight is 181 g/mol. The molecule has 0 aromatic carbocycles. The lowest BCUT2D eigenvalue weighted by Crippen LogP contribution is -1.77. The van der Waals surface area contributed by atoms with Crippen LogP contribution in [0.2, 0.25) is 0 Å². The van der Waals surface area contributed by atoms with E-state index in [1.807, 2.05) is 0 Å². The summed E-state index contributed by atoms with van der Waals surface area (Å²) in [7, 11) is 0. The van der Waals surface area contributed by atoms with Gasteiger partial charge in [-0.3, -0.25) is 0 Å². The molecule has 0 spiro atoms. The van der Waals surface area contributed by atoms with Gasteiger partial charge in [-0.2, -0.15) is 0 Å². The Morgan fingerprint density at radius 2 is 1.54 bits per heavy atom. The molecule has 0 fully saturated rings. The van der Waals surface area contributed by atoms with Crippen molar-refractivity contribution in [2.45, 2.75) is 65.2 Å². The van der Waals surface area contributed by atoms with Crippen LogP contribution in [0.25, 0.3) is 0 Å². The summed E-state index contributed by atoms with van der Waals surface area (Å²) >= 11 is 0. The standard InChI is InChI=1S/C13H25/c1-3-5-7-9-11-13-12-10-8-6-4-2/h3,7,9H,4-6,8,10-13H2,1-2H3. The number of hydrogen-bond acceptors (Lipinski definition) is 0. The first-order chi connectivity index (χ1) is 6.41. The highest BCUT2D eigenvalue weighted by atomic mass is 13.9. The summed E-state index contributed by atoms with van der Waals surface area (Å²) in [4.78, 5) is 0. The van der Waals surface area contributed by atoms with Gasteiger partial charge in [0, 0.05) is 0 Å². The highest BCUT2D eigenvalue weighted by Crippen LogP contribution is 2.07. The summed E-state index contributed by atoms with van der Waals surface area (Å²) < 4.78 is 0. The van der Waals surface area contributed by atoms with Gasteiger partial charge in [0.25, 0.3) is 0 Å². The van der Waals surface area contributed by atoms with Crippen molar-refractivity contribution in [1.82, 2.24) is 0 Å². The molecular formula is C13H25. The third-order valence-corrected chi connectivity index (χ3v) is 2.26. The number of hydrogen-bond donors (Lipinski definition) is 0. The molecule has 0 aliphatic rings. The van der Waals surface area contributed by atoms with Crippen LogP contribution in [0.3, 0.4) is 0 Å². The molecule has 0 aromatic rings. The zero-order valence-electron chi connectivity index (χ0n) is 9.39. The second kappa shape index (κ2) is 11.7. The van der Waals surface area contributed by atoms with Crippen LogP contribution < -0.4 is 0 Å². The van der Waals surface area contributed by atoms with E-state index in [9.17, 15) is 0 Å². The van der Waals surface area contributed by atoms with Gasteiger partial charge in [-0.05, 0) is 25.7 Å². The summed E-state index contributed by atoms with van der Waals surface area (Å²) in [6, 6.07) is 0. The van der Waals surface area contributed by atoms with E-state index in [4.69, 9.17) is 0 Å². The molecule has 0 nitrogen and oxygen atoms in total. The summed E-state index contributed by atoms with van der Waals surface area (Å²) in [5.74, 6) is 0. The van der Waals surface area contributed by atoms with Gasteiger partial charge in [0.1, 0.15) is 0 Å². The Morgan fingerprint density at radius 1 is 0.846 bits per heavy atom. The normalized spacial score (nSPS) is 11.2. The van der Waals surface area contributed by atoms with E-state index in [1.165, 1.54) is 44.9 Å². The van der Waals surface area contributed by atoms with E-state index >= 15 is 0 Å². The molecule has 77 valence electrons. The van der Waals surface area contributed by atoms with Gasteiger partial charge in [-0.15, -0.1) is 0 Å². The van der Waals surface area contributed by atoms with E-state index in [0.29, 0.717) is 0 Å². The Balaban J connectivity index is 2.91. The van der Waals surface area contributed by atoms with Crippen LogP contribution in [-0.4, -0.2) is 0 Å². The molecule has 0 heteroatoms. The van der Waals surface area contributed by atoms with Crippen LogP contribution >= 0.6 is 0 Å². The van der Waals surface area contributed by atoms with Crippen molar-refractivity contribution in [3.63, 3.8) is 0 Å². The van der Waals surface area contributed by atoms with Crippen molar-refractivity contribution in [3.8, 4) is 0 Å². The predicted molar refractivity (Wildman–Crippen MR) is 61.7 cm³/mol. The van der Waals surface area contributed by atoms with Crippen LogP contribution in [0.4, 0.5) is 0 Å². The van der Waals surface area contributed by atoms with Crippen molar-refractivity contribution in [3.05, 3.63) is 18.6 Å². The highest BCUT2D eigenvalue weighted by molar-refractivity contribution is 4.85. The first kappa shape index (κ1) is 12.7. The molecule has 0 bridgehead atoms. The van der Waals surface area contributed by atoms with Crippen molar-refractivity contribution in [1.29, 1.82) is 0 Å². The van der Waals surface area contributed by atoms with E-state index < -0.39 is 0 Å². The van der Waals surface area contributed by atoms with Gasteiger partial charge in [-0.25, -0.2) is 0 Å². The maximum absolute atomic E-state index is 2.32. The average Bonchev–Trinajstić information content (AvgIpc) is 2.16. The minimum absolute atomic E-state index is 1.13. The smallest absolute Gasteiger partial charge is 0.0322 e. The Bertz CT molecular complexity index is 103. The molecule has 0 amide bonds. The zero-order chi connectivity index (χ0) is 9.78. The largest absolute Gasteiger partial charge is 0.0885 e. The van der Waals surface area contributed by atoms with Gasteiger partial charge in [0.2, 0.25) is 0 Å². The predicted octanol–water partition coefficient (Wildman–Crippen LogP) is 4.91. The second-order valence-corrected chi connectivity index (χ2v) is 3.67. The third-order valence-electron chi connectivity index (χ3n) is 2.26. The van der Waals surface area contributed by atoms with Gasteiger partial charge < -0.3 is 0 Å². The topological polar surface area (TPSA) is 0 Å². The summed E-state index contributed by atoms with van der Waals surface area (Å²) in [6.07, 6.45) is 17.6. The second-order valence-electron chi connectivity index (χ2n) is 3.67. The molecule has 0 unspecified atom stereocenters. The molecule has 0 atom stereocenters. The molecule has 0 heterocycles. The lowest BCUT2D eigenvalue weighted by Gasteiger charge is -1.97. The third kappa shape index (κ3) is 11.7. The Labute approximate surface area is 84.4 Å². The van der Waals surface area contributed by atoms with Crippen molar-refractivity contribution >= 4 is 0 Å². The molecule has 0 aliphatic heterocycles. The SMILES string of the molecule is C[CH]CC=CCCCCCCCC. The minimum atomic E-state index is 1.13. The van der Waals surface area contributed by atoms with Crippen molar-refractivity contribution < 1.29 is 0 Å². The molecule has 0 aliphatic carbocycles. The van der Waals surface area contributed by atoms with E-state index in [0.717, 1.165) is 6.42 Å². The van der Waals surface area contributed by atoms with E-state index in [-0.39, 0.29) is 0 Å². The highest BCUT2D eigenvalue weighted by Gasteiger charge is 1.87. The molecule has 0 N–H and O–H groups in total. The van der Waals surface area contributed by atoms with Gasteiger partial charge in [0.05, 0.1) is 0 Å². The number of allylic oxidation sites excluding steroid dienone is 2. The van der Waals surface area contributed by atoms with E-state index in [1.54, 1.807) is 0 Å². The van der Waals surface area contributed by atoms with Gasteiger partial charge in [-0.1, -0.05) is 58.1 Å².